The SMILES string of the molecule is Cc1c(NC(=O)c2cc(S(=O)(=O)N3CCCCCC3)ccc2Cl)c(=O)n(-c2ccccc2)n1C. The van der Waals surface area contributed by atoms with Crippen molar-refractivity contribution in [3.63, 3.8) is 0 Å². The van der Waals surface area contributed by atoms with Gasteiger partial charge in [0.05, 0.1) is 26.9 Å². The first-order valence-electron chi connectivity index (χ1n) is 11.2. The quantitative estimate of drug-likeness (QED) is 0.571. The van der Waals surface area contributed by atoms with E-state index in [9.17, 15) is 18.0 Å². The second-order valence-electron chi connectivity index (χ2n) is 8.35. The molecule has 1 N–H and O–H groups in total. The summed E-state index contributed by atoms with van der Waals surface area (Å²) in [6.45, 7) is 2.63. The number of rotatable bonds is 5. The number of nitrogens with zero attached hydrogens (tertiary/aromatic N) is 3. The standard InChI is InChI=1S/C24H27ClN4O4S/c1-17-22(24(31)29(27(17)2)18-10-6-5-7-11-18)26-23(30)20-16-19(12-13-21(20)25)34(32,33)28-14-8-3-4-9-15-28/h5-7,10-13,16H,3-4,8-9,14-15H2,1-2H3,(H,26,30). The van der Waals surface area contributed by atoms with Crippen LogP contribution in [0.2, 0.25) is 5.02 Å². The number of hydrogen-bond donors (Lipinski definition) is 1. The van der Waals surface area contributed by atoms with Crippen molar-refractivity contribution >= 4 is 33.2 Å². The molecule has 4 rings (SSSR count). The number of benzene rings is 2. The van der Waals surface area contributed by atoms with E-state index in [0.29, 0.717) is 24.5 Å². The van der Waals surface area contributed by atoms with E-state index < -0.39 is 21.5 Å². The van der Waals surface area contributed by atoms with Crippen molar-refractivity contribution in [2.75, 3.05) is 18.4 Å². The summed E-state index contributed by atoms with van der Waals surface area (Å²) in [4.78, 5) is 26.3. The zero-order chi connectivity index (χ0) is 24.5. The molecular formula is C24H27ClN4O4S. The van der Waals surface area contributed by atoms with E-state index in [4.69, 9.17) is 11.6 Å². The van der Waals surface area contributed by atoms with Crippen molar-refractivity contribution in [2.45, 2.75) is 37.5 Å². The van der Waals surface area contributed by atoms with E-state index >= 15 is 0 Å². The minimum absolute atomic E-state index is 0.00789. The maximum atomic E-state index is 13.2. The summed E-state index contributed by atoms with van der Waals surface area (Å²) < 4.78 is 30.9. The van der Waals surface area contributed by atoms with Gasteiger partial charge in [0.1, 0.15) is 5.69 Å². The zero-order valence-corrected chi connectivity index (χ0v) is 20.7. The van der Waals surface area contributed by atoms with Gasteiger partial charge < -0.3 is 5.32 Å². The van der Waals surface area contributed by atoms with E-state index in [-0.39, 0.29) is 21.2 Å². The third-order valence-electron chi connectivity index (χ3n) is 6.18. The summed E-state index contributed by atoms with van der Waals surface area (Å²) >= 11 is 6.27. The van der Waals surface area contributed by atoms with E-state index in [1.165, 1.54) is 27.2 Å². The van der Waals surface area contributed by atoms with Crippen LogP contribution in [0.15, 0.2) is 58.2 Å². The van der Waals surface area contributed by atoms with Gasteiger partial charge in [0.2, 0.25) is 10.0 Å². The Balaban J connectivity index is 1.67. The largest absolute Gasteiger partial charge is 0.316 e. The molecule has 1 fully saturated rings. The highest BCUT2D eigenvalue weighted by Crippen LogP contribution is 2.26. The molecule has 0 spiro atoms. The lowest BCUT2D eigenvalue weighted by molar-refractivity contribution is 0.102. The number of amides is 1. The van der Waals surface area contributed by atoms with Crippen molar-refractivity contribution in [3.8, 4) is 5.69 Å². The Morgan fingerprint density at radius 1 is 1.00 bits per heavy atom. The van der Waals surface area contributed by atoms with Gasteiger partial charge in [-0.25, -0.2) is 13.1 Å². The number of anilines is 1. The average molecular weight is 503 g/mol. The van der Waals surface area contributed by atoms with Gasteiger partial charge >= 0.3 is 0 Å². The van der Waals surface area contributed by atoms with Crippen molar-refractivity contribution in [3.05, 3.63) is 75.2 Å². The van der Waals surface area contributed by atoms with E-state index in [1.54, 1.807) is 30.8 Å². The number of aromatic nitrogens is 2. The highest BCUT2D eigenvalue weighted by Gasteiger charge is 2.27. The molecule has 1 aliphatic heterocycles. The van der Waals surface area contributed by atoms with E-state index in [1.807, 2.05) is 18.2 Å². The molecule has 8 nitrogen and oxygen atoms in total. The number of carbonyl (C=O) groups is 1. The maximum Gasteiger partial charge on any atom is 0.295 e. The molecule has 10 heteroatoms. The van der Waals surface area contributed by atoms with Crippen LogP contribution in [-0.4, -0.2) is 41.1 Å². The van der Waals surface area contributed by atoms with Crippen LogP contribution in [0.1, 0.15) is 41.7 Å². The Morgan fingerprint density at radius 3 is 2.29 bits per heavy atom. The lowest BCUT2D eigenvalue weighted by Gasteiger charge is -2.20. The van der Waals surface area contributed by atoms with Crippen LogP contribution in [0.5, 0.6) is 0 Å². The van der Waals surface area contributed by atoms with Crippen LogP contribution in [0.25, 0.3) is 5.69 Å². The number of hydrogen-bond acceptors (Lipinski definition) is 4. The summed E-state index contributed by atoms with van der Waals surface area (Å²) in [6, 6.07) is 13.2. The van der Waals surface area contributed by atoms with Gasteiger partial charge in [0, 0.05) is 20.1 Å². The highest BCUT2D eigenvalue weighted by molar-refractivity contribution is 7.89. The fraction of sp³-hybridized carbons (Fsp3) is 0.333. The first-order valence-corrected chi connectivity index (χ1v) is 13.0. The number of sulfonamides is 1. The molecule has 180 valence electrons. The molecule has 0 unspecified atom stereocenters. The molecular weight excluding hydrogens is 476 g/mol. The van der Waals surface area contributed by atoms with Crippen LogP contribution >= 0.6 is 11.6 Å². The maximum absolute atomic E-state index is 13.2. The first-order chi connectivity index (χ1) is 16.2. The number of nitrogens with one attached hydrogen (secondary N) is 1. The smallest absolute Gasteiger partial charge is 0.295 e. The fourth-order valence-electron chi connectivity index (χ4n) is 4.16. The van der Waals surface area contributed by atoms with Crippen molar-refractivity contribution < 1.29 is 13.2 Å². The predicted octanol–water partition coefficient (Wildman–Crippen LogP) is 3.95. The molecule has 0 atom stereocenters. The second kappa shape index (κ2) is 9.77. The minimum atomic E-state index is -3.76. The summed E-state index contributed by atoms with van der Waals surface area (Å²) in [7, 11) is -2.04. The zero-order valence-electron chi connectivity index (χ0n) is 19.1. The Kier molecular flexibility index (Phi) is 6.97. The normalized spacial score (nSPS) is 15.1. The molecule has 1 aliphatic rings. The summed E-state index contributed by atoms with van der Waals surface area (Å²) in [5.41, 5.74) is 0.900. The van der Waals surface area contributed by atoms with Crippen molar-refractivity contribution in [2.24, 2.45) is 7.05 Å². The second-order valence-corrected chi connectivity index (χ2v) is 10.7. The van der Waals surface area contributed by atoms with Gasteiger partial charge in [-0.05, 0) is 50.1 Å². The molecule has 1 amide bonds. The van der Waals surface area contributed by atoms with Crippen LogP contribution < -0.4 is 10.9 Å². The van der Waals surface area contributed by atoms with Gasteiger partial charge in [-0.3, -0.25) is 14.3 Å². The molecule has 2 aromatic carbocycles. The van der Waals surface area contributed by atoms with Crippen LogP contribution in [-0.2, 0) is 17.1 Å². The molecule has 34 heavy (non-hydrogen) atoms. The summed E-state index contributed by atoms with van der Waals surface area (Å²) in [5, 5.41) is 2.75. The fourth-order valence-corrected chi connectivity index (χ4v) is 5.91. The van der Waals surface area contributed by atoms with E-state index in [0.717, 1.165) is 25.7 Å². The average Bonchev–Trinajstić information content (AvgIpc) is 3.03. The Morgan fingerprint density at radius 2 is 1.65 bits per heavy atom. The summed E-state index contributed by atoms with van der Waals surface area (Å²) in [6.07, 6.45) is 3.61. The van der Waals surface area contributed by atoms with Gasteiger partial charge in [-0.2, -0.15) is 4.31 Å². The topological polar surface area (TPSA) is 93.4 Å². The van der Waals surface area contributed by atoms with Crippen LogP contribution in [0.3, 0.4) is 0 Å². The van der Waals surface area contributed by atoms with Crippen molar-refractivity contribution in [1.29, 1.82) is 0 Å². The van der Waals surface area contributed by atoms with Gasteiger partial charge in [-0.15, -0.1) is 0 Å². The third kappa shape index (κ3) is 4.55. The Labute approximate surface area is 203 Å². The van der Waals surface area contributed by atoms with Crippen molar-refractivity contribution in [1.82, 2.24) is 13.7 Å². The minimum Gasteiger partial charge on any atom is -0.316 e. The van der Waals surface area contributed by atoms with E-state index in [2.05, 4.69) is 5.32 Å². The monoisotopic (exact) mass is 502 g/mol. The highest BCUT2D eigenvalue weighted by atomic mass is 35.5. The van der Waals surface area contributed by atoms with Gasteiger partial charge in [0.25, 0.3) is 11.5 Å². The molecule has 3 aromatic rings. The Bertz CT molecular complexity index is 1370. The molecule has 0 radical (unpaired) electrons. The molecule has 0 saturated carbocycles. The summed E-state index contributed by atoms with van der Waals surface area (Å²) in [5.74, 6) is -0.649. The Hall–Kier alpha value is -2.88. The lowest BCUT2D eigenvalue weighted by Crippen LogP contribution is -2.32. The van der Waals surface area contributed by atoms with Crippen LogP contribution in [0, 0.1) is 6.92 Å². The number of carbonyl (C=O) groups excluding carboxylic acids is 1. The first kappa shape index (κ1) is 24.3. The van der Waals surface area contributed by atoms with Gasteiger partial charge in [0.15, 0.2) is 0 Å². The lowest BCUT2D eigenvalue weighted by atomic mass is 10.2. The molecule has 1 saturated heterocycles. The number of halogens is 1. The molecule has 0 aliphatic carbocycles. The molecule has 1 aromatic heterocycles. The molecule has 0 bridgehead atoms. The predicted molar refractivity (Wildman–Crippen MR) is 132 cm³/mol. The van der Waals surface area contributed by atoms with Crippen LogP contribution in [0.4, 0.5) is 5.69 Å². The number of para-hydroxylation sites is 1. The molecule has 2 heterocycles. The third-order valence-corrected chi connectivity index (χ3v) is 8.40. The van der Waals surface area contributed by atoms with Gasteiger partial charge in [-0.1, -0.05) is 42.6 Å².